The Bertz CT molecular complexity index is 1460. The maximum atomic E-state index is 13.4. The summed E-state index contributed by atoms with van der Waals surface area (Å²) in [6.07, 6.45) is 2.12. The number of hydrogen-bond donors (Lipinski definition) is 0. The minimum absolute atomic E-state index is 0.0937. The highest BCUT2D eigenvalue weighted by Crippen LogP contribution is 2.31. The van der Waals surface area contributed by atoms with Gasteiger partial charge in [0.1, 0.15) is 0 Å². The lowest BCUT2D eigenvalue weighted by molar-refractivity contribution is 0.0968. The van der Waals surface area contributed by atoms with Crippen LogP contribution in [-0.2, 0) is 18.3 Å². The summed E-state index contributed by atoms with van der Waals surface area (Å²) in [5.41, 5.74) is 3.65. The lowest BCUT2D eigenvalue weighted by atomic mass is 10.1. The number of halogens is 2. The number of thiazole rings is 1. The van der Waals surface area contributed by atoms with Gasteiger partial charge in [-0.25, -0.2) is 9.67 Å². The zero-order valence-corrected chi connectivity index (χ0v) is 21.2. The van der Waals surface area contributed by atoms with Crippen molar-refractivity contribution in [2.24, 2.45) is 12.0 Å². The first-order chi connectivity index (χ1) is 16.4. The van der Waals surface area contributed by atoms with Crippen molar-refractivity contribution in [2.75, 3.05) is 6.61 Å². The summed E-state index contributed by atoms with van der Waals surface area (Å²) >= 11 is 14.2. The minimum Gasteiger partial charge on any atom is -0.376 e. The van der Waals surface area contributed by atoms with E-state index < -0.39 is 0 Å². The molecule has 1 fully saturated rings. The Morgan fingerprint density at radius 1 is 1.18 bits per heavy atom. The second kappa shape index (κ2) is 9.58. The van der Waals surface area contributed by atoms with Crippen LogP contribution in [0.25, 0.3) is 16.9 Å². The van der Waals surface area contributed by atoms with Crippen LogP contribution in [0, 0.1) is 6.92 Å². The van der Waals surface area contributed by atoms with Crippen LogP contribution in [0.1, 0.15) is 18.5 Å². The molecule has 0 N–H and O–H groups in total. The maximum Gasteiger partial charge on any atom is 0.297 e. The Hall–Kier alpha value is -2.58. The Balaban J connectivity index is 1.68. The molecule has 2 aromatic heterocycles. The summed E-state index contributed by atoms with van der Waals surface area (Å²) in [4.78, 5) is 19.0. The molecule has 5 rings (SSSR count). The van der Waals surface area contributed by atoms with Gasteiger partial charge in [-0.15, -0.1) is 11.3 Å². The number of nitrogens with zero attached hydrogens (tertiary/aromatic N) is 4. The van der Waals surface area contributed by atoms with Gasteiger partial charge in [-0.05, 0) is 50.1 Å². The molecule has 2 aromatic carbocycles. The SMILES string of the molecule is Cc1c(N=c2scc(-c3ccc(Cl)cc3Cl)n2CC2CCCO2)c(=O)n(-c2ccccc2)n1C. The highest BCUT2D eigenvalue weighted by Gasteiger charge is 2.21. The normalized spacial score (nSPS) is 16.5. The fourth-order valence-corrected chi connectivity index (χ4v) is 5.70. The number of para-hydroxylation sites is 1. The number of ether oxygens (including phenoxy) is 1. The molecule has 9 heteroatoms. The molecular formula is C25H24Cl2N4O2S. The van der Waals surface area contributed by atoms with Crippen molar-refractivity contribution in [3.05, 3.63) is 84.8 Å². The van der Waals surface area contributed by atoms with Gasteiger partial charge in [0.2, 0.25) is 0 Å². The van der Waals surface area contributed by atoms with Gasteiger partial charge in [0, 0.05) is 29.6 Å². The molecule has 3 heterocycles. The van der Waals surface area contributed by atoms with Gasteiger partial charge in [0.15, 0.2) is 10.5 Å². The van der Waals surface area contributed by atoms with Crippen LogP contribution in [-0.4, -0.2) is 26.6 Å². The molecule has 1 aliphatic heterocycles. The number of rotatable bonds is 5. The van der Waals surface area contributed by atoms with Crippen molar-refractivity contribution < 1.29 is 4.74 Å². The first-order valence-electron chi connectivity index (χ1n) is 11.1. The van der Waals surface area contributed by atoms with E-state index in [0.29, 0.717) is 22.3 Å². The molecule has 6 nitrogen and oxygen atoms in total. The molecule has 0 radical (unpaired) electrons. The summed E-state index contributed by atoms with van der Waals surface area (Å²) in [5.74, 6) is 0. The van der Waals surface area contributed by atoms with Gasteiger partial charge in [-0.1, -0.05) is 41.4 Å². The Kier molecular flexibility index (Phi) is 6.53. The van der Waals surface area contributed by atoms with Gasteiger partial charge in [-0.3, -0.25) is 9.48 Å². The molecule has 34 heavy (non-hydrogen) atoms. The third-order valence-corrected chi connectivity index (χ3v) is 7.56. The Morgan fingerprint density at radius 3 is 2.68 bits per heavy atom. The Labute approximate surface area is 211 Å². The highest BCUT2D eigenvalue weighted by atomic mass is 35.5. The molecule has 4 aromatic rings. The second-order valence-corrected chi connectivity index (χ2v) is 9.98. The lowest BCUT2D eigenvalue weighted by Crippen LogP contribution is -2.24. The maximum absolute atomic E-state index is 13.4. The molecule has 0 bridgehead atoms. The third-order valence-electron chi connectivity index (χ3n) is 6.15. The van der Waals surface area contributed by atoms with Crippen LogP contribution < -0.4 is 10.4 Å². The zero-order chi connectivity index (χ0) is 23.8. The number of benzene rings is 2. The van der Waals surface area contributed by atoms with E-state index in [2.05, 4.69) is 4.57 Å². The molecular weight excluding hydrogens is 491 g/mol. The van der Waals surface area contributed by atoms with Crippen molar-refractivity contribution >= 4 is 40.2 Å². The van der Waals surface area contributed by atoms with E-state index in [0.717, 1.165) is 46.9 Å². The predicted octanol–water partition coefficient (Wildman–Crippen LogP) is 5.73. The fourth-order valence-electron chi connectivity index (χ4n) is 4.28. The van der Waals surface area contributed by atoms with Crippen LogP contribution in [0.3, 0.4) is 0 Å². The first-order valence-corrected chi connectivity index (χ1v) is 12.7. The molecule has 0 amide bonds. The summed E-state index contributed by atoms with van der Waals surface area (Å²) in [5, 5.41) is 3.18. The summed E-state index contributed by atoms with van der Waals surface area (Å²) < 4.78 is 11.5. The zero-order valence-electron chi connectivity index (χ0n) is 18.9. The topological polar surface area (TPSA) is 53.5 Å². The Morgan fingerprint density at radius 2 is 1.97 bits per heavy atom. The van der Waals surface area contributed by atoms with E-state index in [9.17, 15) is 4.79 Å². The third kappa shape index (κ3) is 4.29. The van der Waals surface area contributed by atoms with Crippen LogP contribution in [0.5, 0.6) is 0 Å². The molecule has 1 saturated heterocycles. The highest BCUT2D eigenvalue weighted by molar-refractivity contribution is 7.07. The lowest BCUT2D eigenvalue weighted by Gasteiger charge is -2.14. The van der Waals surface area contributed by atoms with Crippen LogP contribution in [0.15, 0.2) is 63.7 Å². The van der Waals surface area contributed by atoms with E-state index in [-0.39, 0.29) is 11.7 Å². The quantitative estimate of drug-likeness (QED) is 0.341. The summed E-state index contributed by atoms with van der Waals surface area (Å²) in [7, 11) is 1.87. The fraction of sp³-hybridized carbons (Fsp3) is 0.280. The van der Waals surface area contributed by atoms with Gasteiger partial charge >= 0.3 is 0 Å². The van der Waals surface area contributed by atoms with Gasteiger partial charge in [-0.2, -0.15) is 0 Å². The van der Waals surface area contributed by atoms with Gasteiger partial charge in [0.05, 0.1) is 34.7 Å². The molecule has 1 aliphatic rings. The minimum atomic E-state index is -0.158. The largest absolute Gasteiger partial charge is 0.376 e. The predicted molar refractivity (Wildman–Crippen MR) is 138 cm³/mol. The molecule has 0 saturated carbocycles. The van der Waals surface area contributed by atoms with Crippen molar-refractivity contribution in [3.8, 4) is 16.9 Å². The van der Waals surface area contributed by atoms with Crippen molar-refractivity contribution in [3.63, 3.8) is 0 Å². The van der Waals surface area contributed by atoms with Crippen molar-refractivity contribution in [1.82, 2.24) is 13.9 Å². The van der Waals surface area contributed by atoms with E-state index in [1.54, 1.807) is 10.7 Å². The summed E-state index contributed by atoms with van der Waals surface area (Å²) in [6, 6.07) is 15.1. The van der Waals surface area contributed by atoms with Crippen LogP contribution in [0.4, 0.5) is 5.69 Å². The average molecular weight is 515 g/mol. The molecule has 0 spiro atoms. The van der Waals surface area contributed by atoms with E-state index in [4.69, 9.17) is 32.9 Å². The number of aromatic nitrogens is 3. The molecule has 176 valence electrons. The average Bonchev–Trinajstić information content (AvgIpc) is 3.52. The smallest absolute Gasteiger partial charge is 0.297 e. The van der Waals surface area contributed by atoms with Crippen molar-refractivity contribution in [1.29, 1.82) is 0 Å². The summed E-state index contributed by atoms with van der Waals surface area (Å²) in [6.45, 7) is 3.31. The van der Waals surface area contributed by atoms with Crippen molar-refractivity contribution in [2.45, 2.75) is 32.4 Å². The molecule has 0 aliphatic carbocycles. The van der Waals surface area contributed by atoms with E-state index in [1.807, 2.05) is 66.5 Å². The van der Waals surface area contributed by atoms with Crippen LogP contribution >= 0.6 is 34.5 Å². The second-order valence-electron chi connectivity index (χ2n) is 8.30. The standard InChI is InChI=1S/C25H24Cl2N4O2S/c1-16-23(24(32)31(29(16)2)18-7-4-3-5-8-18)28-25-30(14-19-9-6-12-33-19)22(15-34-25)20-11-10-17(26)13-21(20)27/h3-5,7-8,10-11,13,15,19H,6,9,12,14H2,1-2H3. The van der Waals surface area contributed by atoms with Gasteiger partial charge < -0.3 is 9.30 Å². The van der Waals surface area contributed by atoms with Crippen LogP contribution in [0.2, 0.25) is 10.0 Å². The van der Waals surface area contributed by atoms with E-state index >= 15 is 0 Å². The first kappa shape index (κ1) is 23.2. The molecule has 1 unspecified atom stereocenters. The van der Waals surface area contributed by atoms with Gasteiger partial charge in [0.25, 0.3) is 5.56 Å². The monoisotopic (exact) mass is 514 g/mol. The number of hydrogen-bond acceptors (Lipinski definition) is 4. The van der Waals surface area contributed by atoms with E-state index in [1.165, 1.54) is 11.3 Å². The molecule has 1 atom stereocenters.